The molecule has 1 saturated carbocycles. The molecule has 4 N–H and O–H groups in total. The van der Waals surface area contributed by atoms with E-state index in [1.165, 1.54) is 12.1 Å². The third-order valence-electron chi connectivity index (χ3n) is 3.23. The molecule has 21 heavy (non-hydrogen) atoms. The highest BCUT2D eigenvalue weighted by Gasteiger charge is 2.29. The quantitative estimate of drug-likeness (QED) is 0.535. The van der Waals surface area contributed by atoms with Gasteiger partial charge in [-0.15, -0.1) is 0 Å². The number of carbonyl (C=O) groups is 1. The monoisotopic (exact) mass is 331 g/mol. The van der Waals surface area contributed by atoms with Crippen LogP contribution in [0.2, 0.25) is 5.02 Å². The fraction of sp³-hybridized carbons (Fsp3) is 0.462. The highest BCUT2D eigenvalue weighted by atomic mass is 35.5. The Bertz CT molecular complexity index is 634. The summed E-state index contributed by atoms with van der Waals surface area (Å²) in [5.74, 6) is 0.0982. The largest absolute Gasteiger partial charge is 0.397 e. The maximum absolute atomic E-state index is 12.1. The van der Waals surface area contributed by atoms with Crippen molar-refractivity contribution in [3.63, 3.8) is 0 Å². The van der Waals surface area contributed by atoms with Crippen molar-refractivity contribution in [2.45, 2.75) is 24.7 Å². The summed E-state index contributed by atoms with van der Waals surface area (Å²) in [6.07, 6.45) is 1.84. The average Bonchev–Trinajstić information content (AvgIpc) is 3.24. The summed E-state index contributed by atoms with van der Waals surface area (Å²) in [7, 11) is -3.66. The number of hydrogen-bond donors (Lipinski definition) is 3. The van der Waals surface area contributed by atoms with E-state index in [0.717, 1.165) is 12.8 Å². The van der Waals surface area contributed by atoms with E-state index in [-0.39, 0.29) is 35.5 Å². The van der Waals surface area contributed by atoms with Crippen LogP contribution in [0.15, 0.2) is 17.0 Å². The molecule has 2 rings (SSSR count). The molecule has 8 heteroatoms. The van der Waals surface area contributed by atoms with Gasteiger partial charge in [-0.25, -0.2) is 13.1 Å². The SMILES string of the molecule is Cc1cc(S(=O)(=O)NCCNC(=O)C2CC2)cc(N)c1Cl. The topological polar surface area (TPSA) is 101 Å². The minimum absolute atomic E-state index is 0.0132. The molecule has 0 radical (unpaired) electrons. The highest BCUT2D eigenvalue weighted by Crippen LogP contribution is 2.28. The average molecular weight is 332 g/mol. The van der Waals surface area contributed by atoms with E-state index >= 15 is 0 Å². The van der Waals surface area contributed by atoms with Crippen LogP contribution < -0.4 is 15.8 Å². The lowest BCUT2D eigenvalue weighted by molar-refractivity contribution is -0.122. The lowest BCUT2D eigenvalue weighted by atomic mass is 10.2. The molecule has 1 amide bonds. The summed E-state index contributed by atoms with van der Waals surface area (Å²) in [5, 5.41) is 3.04. The van der Waals surface area contributed by atoms with Crippen molar-refractivity contribution in [3.05, 3.63) is 22.7 Å². The van der Waals surface area contributed by atoms with Crippen LogP contribution in [0, 0.1) is 12.8 Å². The molecular formula is C13H18ClN3O3S. The number of nitrogen functional groups attached to an aromatic ring is 1. The van der Waals surface area contributed by atoms with E-state index in [0.29, 0.717) is 10.6 Å². The van der Waals surface area contributed by atoms with Crippen molar-refractivity contribution >= 4 is 33.2 Å². The number of carbonyl (C=O) groups excluding carboxylic acids is 1. The van der Waals surface area contributed by atoms with Crippen LogP contribution in [0.1, 0.15) is 18.4 Å². The molecule has 1 aliphatic carbocycles. The second-order valence-electron chi connectivity index (χ2n) is 5.11. The molecule has 0 aromatic heterocycles. The third kappa shape index (κ3) is 4.09. The molecule has 6 nitrogen and oxygen atoms in total. The fourth-order valence-electron chi connectivity index (χ4n) is 1.86. The van der Waals surface area contributed by atoms with E-state index in [9.17, 15) is 13.2 Å². The number of anilines is 1. The number of sulfonamides is 1. The van der Waals surface area contributed by atoms with Gasteiger partial charge >= 0.3 is 0 Å². The first kappa shape index (κ1) is 16.1. The van der Waals surface area contributed by atoms with Gasteiger partial charge in [0.05, 0.1) is 15.6 Å². The van der Waals surface area contributed by atoms with Gasteiger partial charge in [0.25, 0.3) is 0 Å². The molecule has 0 bridgehead atoms. The van der Waals surface area contributed by atoms with Gasteiger partial charge in [-0.2, -0.15) is 0 Å². The van der Waals surface area contributed by atoms with E-state index in [1.54, 1.807) is 6.92 Å². The van der Waals surface area contributed by atoms with Gasteiger partial charge in [0.15, 0.2) is 0 Å². The molecule has 0 aliphatic heterocycles. The zero-order valence-corrected chi connectivity index (χ0v) is 13.2. The number of halogens is 1. The highest BCUT2D eigenvalue weighted by molar-refractivity contribution is 7.89. The van der Waals surface area contributed by atoms with Crippen LogP contribution in [-0.2, 0) is 14.8 Å². The second kappa shape index (κ2) is 6.21. The summed E-state index contributed by atoms with van der Waals surface area (Å²) < 4.78 is 26.7. The first-order valence-electron chi connectivity index (χ1n) is 6.64. The number of rotatable bonds is 6. The van der Waals surface area contributed by atoms with E-state index < -0.39 is 10.0 Å². The normalized spacial score (nSPS) is 15.0. The molecule has 1 aromatic rings. The third-order valence-corrected chi connectivity index (χ3v) is 5.19. The molecule has 0 heterocycles. The number of nitrogens with one attached hydrogen (secondary N) is 2. The second-order valence-corrected chi connectivity index (χ2v) is 7.25. The maximum Gasteiger partial charge on any atom is 0.240 e. The Labute approximate surface area is 129 Å². The predicted octanol–water partition coefficient (Wildman–Crippen LogP) is 1.04. The minimum Gasteiger partial charge on any atom is -0.397 e. The van der Waals surface area contributed by atoms with E-state index in [2.05, 4.69) is 10.0 Å². The Kier molecular flexibility index (Phi) is 4.75. The van der Waals surface area contributed by atoms with Gasteiger partial charge in [0, 0.05) is 19.0 Å². The number of benzene rings is 1. The molecule has 116 valence electrons. The van der Waals surface area contributed by atoms with Crippen LogP contribution in [0.25, 0.3) is 0 Å². The summed E-state index contributed by atoms with van der Waals surface area (Å²) >= 11 is 5.91. The smallest absolute Gasteiger partial charge is 0.240 e. The zero-order chi connectivity index (χ0) is 15.6. The van der Waals surface area contributed by atoms with Crippen LogP contribution >= 0.6 is 11.6 Å². The van der Waals surface area contributed by atoms with Gasteiger partial charge in [0.2, 0.25) is 15.9 Å². The van der Waals surface area contributed by atoms with Crippen molar-refractivity contribution in [3.8, 4) is 0 Å². The van der Waals surface area contributed by atoms with E-state index in [4.69, 9.17) is 17.3 Å². The molecular weight excluding hydrogens is 314 g/mol. The molecule has 0 spiro atoms. The Balaban J connectivity index is 1.93. The van der Waals surface area contributed by atoms with Crippen molar-refractivity contribution in [1.29, 1.82) is 0 Å². The van der Waals surface area contributed by atoms with Gasteiger partial charge in [-0.1, -0.05) is 11.6 Å². The summed E-state index contributed by atoms with van der Waals surface area (Å²) in [4.78, 5) is 11.5. The molecule has 1 aromatic carbocycles. The van der Waals surface area contributed by atoms with Gasteiger partial charge < -0.3 is 11.1 Å². The number of hydrogen-bond acceptors (Lipinski definition) is 4. The van der Waals surface area contributed by atoms with Gasteiger partial charge in [-0.3, -0.25) is 4.79 Å². The lowest BCUT2D eigenvalue weighted by Gasteiger charge is -2.10. The van der Waals surface area contributed by atoms with Gasteiger partial charge in [0.1, 0.15) is 0 Å². The predicted molar refractivity (Wildman–Crippen MR) is 81.5 cm³/mol. The molecule has 1 aliphatic rings. The Morgan fingerprint density at radius 2 is 2.05 bits per heavy atom. The van der Waals surface area contributed by atoms with E-state index in [1.807, 2.05) is 0 Å². The van der Waals surface area contributed by atoms with Crippen LogP contribution in [0.3, 0.4) is 0 Å². The first-order valence-corrected chi connectivity index (χ1v) is 8.50. The van der Waals surface area contributed by atoms with Crippen LogP contribution in [-0.4, -0.2) is 27.4 Å². The molecule has 0 unspecified atom stereocenters. The summed E-state index contributed by atoms with van der Waals surface area (Å²) in [5.41, 5.74) is 6.49. The van der Waals surface area contributed by atoms with Crippen molar-refractivity contribution < 1.29 is 13.2 Å². The first-order chi connectivity index (χ1) is 9.81. The number of nitrogens with two attached hydrogens (primary N) is 1. The van der Waals surface area contributed by atoms with Crippen molar-refractivity contribution in [1.82, 2.24) is 10.0 Å². The molecule has 0 saturated heterocycles. The molecule has 1 fully saturated rings. The standard InChI is InChI=1S/C13H18ClN3O3S/c1-8-6-10(7-11(15)12(8)14)21(19,20)17-5-4-16-13(18)9-2-3-9/h6-7,9,17H,2-5,15H2,1H3,(H,16,18). The summed E-state index contributed by atoms with van der Waals surface area (Å²) in [6, 6.07) is 2.78. The zero-order valence-electron chi connectivity index (χ0n) is 11.6. The fourth-order valence-corrected chi connectivity index (χ4v) is 3.12. The van der Waals surface area contributed by atoms with Crippen molar-refractivity contribution in [2.75, 3.05) is 18.8 Å². The van der Waals surface area contributed by atoms with Crippen LogP contribution in [0.4, 0.5) is 5.69 Å². The maximum atomic E-state index is 12.1. The van der Waals surface area contributed by atoms with Crippen molar-refractivity contribution in [2.24, 2.45) is 5.92 Å². The number of amides is 1. The summed E-state index contributed by atoms with van der Waals surface area (Å²) in [6.45, 7) is 2.08. The number of aryl methyl sites for hydroxylation is 1. The Hall–Kier alpha value is -1.31. The lowest BCUT2D eigenvalue weighted by Crippen LogP contribution is -2.35. The van der Waals surface area contributed by atoms with Gasteiger partial charge in [-0.05, 0) is 37.5 Å². The molecule has 0 atom stereocenters. The Morgan fingerprint density at radius 1 is 1.38 bits per heavy atom. The minimum atomic E-state index is -3.66. The Morgan fingerprint density at radius 3 is 2.62 bits per heavy atom. The van der Waals surface area contributed by atoms with Crippen LogP contribution in [0.5, 0.6) is 0 Å².